The van der Waals surface area contributed by atoms with Gasteiger partial charge in [-0.2, -0.15) is 0 Å². The van der Waals surface area contributed by atoms with Crippen LogP contribution in [0.3, 0.4) is 0 Å². The maximum Gasteiger partial charge on any atom is 0.240 e. The molecule has 1 fully saturated rings. The molecule has 0 unspecified atom stereocenters. The summed E-state index contributed by atoms with van der Waals surface area (Å²) in [5.41, 5.74) is 1.00. The van der Waals surface area contributed by atoms with Gasteiger partial charge in [0.1, 0.15) is 0 Å². The molecule has 0 spiro atoms. The normalized spacial score (nSPS) is 14.1. The van der Waals surface area contributed by atoms with E-state index in [9.17, 15) is 13.2 Å². The standard InChI is InChI=1S/C15H23N3O3S.ClH/c1-12-2-6-14(7-3-12)22(20,21)18-9-8-17-15(19)11-16-10-13-4-5-13;/h2-3,6-7,13,16,18H,4-5,8-11H2,1H3,(H,17,19);1H. The Bertz CT molecular complexity index is 601. The zero-order chi connectivity index (χ0) is 16.0. The van der Waals surface area contributed by atoms with Crippen LogP contribution in [-0.4, -0.2) is 40.5 Å². The fraction of sp³-hybridized carbons (Fsp3) is 0.533. The Hall–Kier alpha value is -1.15. The lowest BCUT2D eigenvalue weighted by Crippen LogP contribution is -2.39. The number of amides is 1. The van der Waals surface area contributed by atoms with Crippen LogP contribution >= 0.6 is 12.4 Å². The Labute approximate surface area is 143 Å². The molecule has 8 heteroatoms. The van der Waals surface area contributed by atoms with Crippen LogP contribution in [0, 0.1) is 12.8 Å². The highest BCUT2D eigenvalue weighted by Gasteiger charge is 2.20. The molecule has 0 atom stereocenters. The topological polar surface area (TPSA) is 87.3 Å². The van der Waals surface area contributed by atoms with Gasteiger partial charge in [0.05, 0.1) is 11.4 Å². The van der Waals surface area contributed by atoms with Gasteiger partial charge in [-0.3, -0.25) is 4.79 Å². The Morgan fingerprint density at radius 3 is 2.43 bits per heavy atom. The van der Waals surface area contributed by atoms with Gasteiger partial charge in [0, 0.05) is 13.1 Å². The van der Waals surface area contributed by atoms with E-state index in [-0.39, 0.29) is 42.8 Å². The molecular weight excluding hydrogens is 338 g/mol. The smallest absolute Gasteiger partial charge is 0.240 e. The first-order chi connectivity index (χ1) is 10.5. The van der Waals surface area contributed by atoms with Gasteiger partial charge in [-0.05, 0) is 44.4 Å². The first-order valence-electron chi connectivity index (χ1n) is 7.51. The van der Waals surface area contributed by atoms with Crippen LogP contribution in [0.25, 0.3) is 0 Å². The third kappa shape index (κ3) is 7.30. The number of aryl methyl sites for hydroxylation is 1. The van der Waals surface area contributed by atoms with E-state index in [0.29, 0.717) is 0 Å². The molecular formula is C15H24ClN3O3S. The predicted octanol–water partition coefficient (Wildman–Crippen LogP) is 0.811. The van der Waals surface area contributed by atoms with Crippen molar-refractivity contribution in [2.24, 2.45) is 5.92 Å². The minimum atomic E-state index is -3.51. The number of hydrogen-bond donors (Lipinski definition) is 3. The van der Waals surface area contributed by atoms with Crippen molar-refractivity contribution in [3.8, 4) is 0 Å². The van der Waals surface area contributed by atoms with E-state index in [2.05, 4.69) is 15.4 Å². The fourth-order valence-corrected chi connectivity index (χ4v) is 2.99. The van der Waals surface area contributed by atoms with Crippen LogP contribution in [0.2, 0.25) is 0 Å². The summed E-state index contributed by atoms with van der Waals surface area (Å²) in [6, 6.07) is 6.64. The zero-order valence-electron chi connectivity index (χ0n) is 13.2. The van der Waals surface area contributed by atoms with Crippen LogP contribution in [0.5, 0.6) is 0 Å². The number of rotatable bonds is 9. The van der Waals surface area contributed by atoms with E-state index < -0.39 is 10.0 Å². The zero-order valence-corrected chi connectivity index (χ0v) is 14.8. The predicted molar refractivity (Wildman–Crippen MR) is 92.2 cm³/mol. The third-order valence-corrected chi connectivity index (χ3v) is 4.96. The van der Waals surface area contributed by atoms with Crippen LogP contribution < -0.4 is 15.4 Å². The van der Waals surface area contributed by atoms with Crippen LogP contribution in [0.1, 0.15) is 18.4 Å². The Kier molecular flexibility index (Phi) is 7.98. The number of hydrogen-bond acceptors (Lipinski definition) is 4. The number of benzene rings is 1. The molecule has 0 radical (unpaired) electrons. The summed E-state index contributed by atoms with van der Waals surface area (Å²) in [5.74, 6) is 0.615. The lowest BCUT2D eigenvalue weighted by Gasteiger charge is -2.09. The minimum Gasteiger partial charge on any atom is -0.354 e. The van der Waals surface area contributed by atoms with E-state index in [0.717, 1.165) is 18.0 Å². The number of nitrogens with one attached hydrogen (secondary N) is 3. The molecule has 1 aromatic rings. The van der Waals surface area contributed by atoms with Crippen LogP contribution in [0.4, 0.5) is 0 Å². The summed E-state index contributed by atoms with van der Waals surface area (Å²) in [5, 5.41) is 5.77. The average molecular weight is 362 g/mol. The number of halogens is 1. The average Bonchev–Trinajstić information content (AvgIpc) is 3.28. The van der Waals surface area contributed by atoms with Gasteiger partial charge in [0.25, 0.3) is 0 Å². The molecule has 0 aromatic heterocycles. The van der Waals surface area contributed by atoms with Crippen LogP contribution in [0.15, 0.2) is 29.2 Å². The van der Waals surface area contributed by atoms with E-state index in [1.54, 1.807) is 24.3 Å². The van der Waals surface area contributed by atoms with Crippen molar-refractivity contribution in [2.45, 2.75) is 24.7 Å². The van der Waals surface area contributed by atoms with Gasteiger partial charge in [-0.25, -0.2) is 13.1 Å². The molecule has 0 saturated heterocycles. The van der Waals surface area contributed by atoms with E-state index in [4.69, 9.17) is 0 Å². The highest BCUT2D eigenvalue weighted by Crippen LogP contribution is 2.27. The molecule has 1 saturated carbocycles. The summed E-state index contributed by atoms with van der Waals surface area (Å²) < 4.78 is 26.5. The SMILES string of the molecule is Cc1ccc(S(=O)(=O)NCCNC(=O)CNCC2CC2)cc1.Cl. The van der Waals surface area contributed by atoms with Gasteiger partial charge in [-0.15, -0.1) is 12.4 Å². The fourth-order valence-electron chi connectivity index (χ4n) is 1.96. The third-order valence-electron chi connectivity index (χ3n) is 3.49. The number of carbonyl (C=O) groups is 1. The number of carbonyl (C=O) groups excluding carboxylic acids is 1. The van der Waals surface area contributed by atoms with E-state index in [1.165, 1.54) is 12.8 Å². The first-order valence-corrected chi connectivity index (χ1v) is 8.99. The lowest BCUT2D eigenvalue weighted by atomic mass is 10.2. The van der Waals surface area contributed by atoms with Crippen molar-refractivity contribution in [1.82, 2.24) is 15.4 Å². The summed E-state index contributed by atoms with van der Waals surface area (Å²) in [6.07, 6.45) is 2.49. The van der Waals surface area contributed by atoms with Crippen molar-refractivity contribution in [2.75, 3.05) is 26.2 Å². The lowest BCUT2D eigenvalue weighted by molar-refractivity contribution is -0.120. The number of sulfonamides is 1. The van der Waals surface area contributed by atoms with Crippen LogP contribution in [-0.2, 0) is 14.8 Å². The maximum absolute atomic E-state index is 12.0. The molecule has 2 rings (SSSR count). The van der Waals surface area contributed by atoms with Gasteiger partial charge in [-0.1, -0.05) is 17.7 Å². The molecule has 3 N–H and O–H groups in total. The molecule has 0 heterocycles. The quantitative estimate of drug-likeness (QED) is 0.568. The van der Waals surface area contributed by atoms with Gasteiger partial charge in [0.2, 0.25) is 15.9 Å². The van der Waals surface area contributed by atoms with Crippen molar-refractivity contribution in [3.63, 3.8) is 0 Å². The summed E-state index contributed by atoms with van der Waals surface area (Å²) >= 11 is 0. The summed E-state index contributed by atoms with van der Waals surface area (Å²) in [7, 11) is -3.51. The summed E-state index contributed by atoms with van der Waals surface area (Å²) in [6.45, 7) is 3.50. The van der Waals surface area contributed by atoms with E-state index >= 15 is 0 Å². The Balaban J connectivity index is 0.00000264. The van der Waals surface area contributed by atoms with Crippen molar-refractivity contribution in [1.29, 1.82) is 0 Å². The molecule has 1 aliphatic carbocycles. The molecule has 23 heavy (non-hydrogen) atoms. The second kappa shape index (κ2) is 9.22. The largest absolute Gasteiger partial charge is 0.354 e. The Morgan fingerprint density at radius 1 is 1.17 bits per heavy atom. The molecule has 130 valence electrons. The first kappa shape index (κ1) is 19.9. The molecule has 1 aromatic carbocycles. The van der Waals surface area contributed by atoms with Gasteiger partial charge >= 0.3 is 0 Å². The Morgan fingerprint density at radius 2 is 1.83 bits per heavy atom. The van der Waals surface area contributed by atoms with Gasteiger partial charge in [0.15, 0.2) is 0 Å². The maximum atomic E-state index is 12.0. The molecule has 0 aliphatic heterocycles. The molecule has 1 aliphatic rings. The summed E-state index contributed by atoms with van der Waals surface area (Å²) in [4.78, 5) is 11.8. The molecule has 0 bridgehead atoms. The second-order valence-electron chi connectivity index (χ2n) is 5.64. The van der Waals surface area contributed by atoms with Crippen molar-refractivity contribution in [3.05, 3.63) is 29.8 Å². The molecule has 6 nitrogen and oxygen atoms in total. The van der Waals surface area contributed by atoms with E-state index in [1.807, 2.05) is 6.92 Å². The van der Waals surface area contributed by atoms with Gasteiger partial charge < -0.3 is 10.6 Å². The minimum absolute atomic E-state index is 0. The highest BCUT2D eigenvalue weighted by atomic mass is 35.5. The highest BCUT2D eigenvalue weighted by molar-refractivity contribution is 7.89. The van der Waals surface area contributed by atoms with Crippen molar-refractivity contribution < 1.29 is 13.2 Å². The molecule has 1 amide bonds. The second-order valence-corrected chi connectivity index (χ2v) is 7.40. The monoisotopic (exact) mass is 361 g/mol. The van der Waals surface area contributed by atoms with Crippen molar-refractivity contribution >= 4 is 28.3 Å².